The quantitative estimate of drug-likeness (QED) is 0.163. The van der Waals surface area contributed by atoms with Crippen molar-refractivity contribution in [3.63, 3.8) is 0 Å². The van der Waals surface area contributed by atoms with Crippen molar-refractivity contribution in [1.29, 1.82) is 0 Å². The van der Waals surface area contributed by atoms with Gasteiger partial charge in [-0.25, -0.2) is 9.50 Å². The summed E-state index contributed by atoms with van der Waals surface area (Å²) in [7, 11) is 3.75. The zero-order chi connectivity index (χ0) is 29.3. The van der Waals surface area contributed by atoms with Crippen LogP contribution in [0.5, 0.6) is 0 Å². The van der Waals surface area contributed by atoms with Crippen LogP contribution in [0.1, 0.15) is 37.3 Å². The van der Waals surface area contributed by atoms with Crippen molar-refractivity contribution >= 4 is 35.2 Å². The van der Waals surface area contributed by atoms with E-state index in [9.17, 15) is 9.18 Å². The summed E-state index contributed by atoms with van der Waals surface area (Å²) in [5.41, 5.74) is 2.66. The fourth-order valence-electron chi connectivity index (χ4n) is 3.72. The number of carbonyl (C=O) groups is 1. The Labute approximate surface area is 234 Å². The van der Waals surface area contributed by atoms with Gasteiger partial charge in [-0.2, -0.15) is 14.5 Å². The number of hydrogen-bond donors (Lipinski definition) is 4. The van der Waals surface area contributed by atoms with Gasteiger partial charge in [0.1, 0.15) is 5.52 Å². The first-order valence-corrected chi connectivity index (χ1v) is 12.6. The summed E-state index contributed by atoms with van der Waals surface area (Å²) in [4.78, 5) is 20.1. The van der Waals surface area contributed by atoms with Crippen LogP contribution in [0.15, 0.2) is 42.7 Å². The summed E-state index contributed by atoms with van der Waals surface area (Å²) in [6.07, 6.45) is 24.6. The highest BCUT2D eigenvalue weighted by Crippen LogP contribution is 2.39. The first kappa shape index (κ1) is 31.3. The molecular formula is C28H35FN10O. The fraction of sp³-hybridized carbons (Fsp3) is 0.321. The fourth-order valence-corrected chi connectivity index (χ4v) is 3.72. The number of nitrogens with zero attached hydrogens (tertiary/aromatic N) is 6. The van der Waals surface area contributed by atoms with Crippen molar-refractivity contribution in [2.45, 2.75) is 31.6 Å². The standard InChI is InChI=1S/C16H19N7.C6H5FN2O.C2H7N.2C2H2/c1-2-8-22(7-1)16-18-15(13-4-3-9-23(13)21-16)17-14-10-12(19-20-14)11-5-6-11;7-6-2-1-5(3-8-6)9-4-10;1-3-2;2*1-2/h3-4,9-11H,1-2,5-8H2,(H2,17,18,19,20,21);1-4H,(H,9,10);3H,1-2H3;2*1-2H. The number of nitrogens with one attached hydrogen (secondary N) is 4. The van der Waals surface area contributed by atoms with E-state index >= 15 is 0 Å². The number of pyridine rings is 1. The largest absolute Gasteiger partial charge is 0.340 e. The molecule has 11 nitrogen and oxygen atoms in total. The van der Waals surface area contributed by atoms with Gasteiger partial charge in [0, 0.05) is 37.0 Å². The van der Waals surface area contributed by atoms with Crippen molar-refractivity contribution < 1.29 is 9.18 Å². The van der Waals surface area contributed by atoms with Gasteiger partial charge in [-0.1, -0.05) is 0 Å². The van der Waals surface area contributed by atoms with E-state index in [4.69, 9.17) is 4.98 Å². The monoisotopic (exact) mass is 546 g/mol. The van der Waals surface area contributed by atoms with Crippen LogP contribution in [-0.4, -0.2) is 63.4 Å². The molecule has 0 bridgehead atoms. The van der Waals surface area contributed by atoms with Crippen LogP contribution < -0.4 is 20.9 Å². The number of aromatic nitrogens is 6. The van der Waals surface area contributed by atoms with E-state index in [2.05, 4.69) is 72.9 Å². The molecule has 1 saturated carbocycles. The molecule has 0 aromatic carbocycles. The van der Waals surface area contributed by atoms with Crippen molar-refractivity contribution in [3.05, 3.63) is 54.4 Å². The second-order valence-corrected chi connectivity index (χ2v) is 8.53. The summed E-state index contributed by atoms with van der Waals surface area (Å²) in [6.45, 7) is 2.06. The van der Waals surface area contributed by atoms with Crippen LogP contribution in [0, 0.1) is 31.6 Å². The van der Waals surface area contributed by atoms with Gasteiger partial charge in [0.05, 0.1) is 11.9 Å². The lowest BCUT2D eigenvalue weighted by Crippen LogP contribution is -2.22. The van der Waals surface area contributed by atoms with Crippen LogP contribution in [0.25, 0.3) is 5.52 Å². The average molecular weight is 547 g/mol. The Morgan fingerprint density at radius 3 is 2.40 bits per heavy atom. The Balaban J connectivity index is 0.000000277. The molecule has 0 atom stereocenters. The predicted molar refractivity (Wildman–Crippen MR) is 157 cm³/mol. The predicted octanol–water partition coefficient (Wildman–Crippen LogP) is 3.80. The summed E-state index contributed by atoms with van der Waals surface area (Å²) < 4.78 is 14.0. The lowest BCUT2D eigenvalue weighted by molar-refractivity contribution is -0.105. The van der Waals surface area contributed by atoms with Gasteiger partial charge < -0.3 is 20.9 Å². The van der Waals surface area contributed by atoms with E-state index in [-0.39, 0.29) is 0 Å². The Bertz CT molecular complexity index is 1330. The normalized spacial score (nSPS) is 13.1. The topological polar surface area (TPSA) is 128 Å². The molecule has 0 spiro atoms. The maximum Gasteiger partial charge on any atom is 0.245 e. The first-order chi connectivity index (χ1) is 19.6. The Kier molecular flexibility index (Phi) is 13.1. The summed E-state index contributed by atoms with van der Waals surface area (Å²) >= 11 is 0. The van der Waals surface area contributed by atoms with Crippen molar-refractivity contribution in [1.82, 2.24) is 35.1 Å². The molecule has 2 fully saturated rings. The van der Waals surface area contributed by atoms with Crippen LogP contribution in [0.2, 0.25) is 0 Å². The lowest BCUT2D eigenvalue weighted by atomic mass is 10.3. The molecule has 1 amide bonds. The maximum atomic E-state index is 12.1. The van der Waals surface area contributed by atoms with Crippen LogP contribution >= 0.6 is 0 Å². The molecule has 1 aliphatic heterocycles. The molecule has 1 aliphatic carbocycles. The molecule has 5 heterocycles. The molecule has 210 valence electrons. The number of amides is 1. The van der Waals surface area contributed by atoms with E-state index < -0.39 is 5.95 Å². The summed E-state index contributed by atoms with van der Waals surface area (Å²) in [5, 5.41) is 20.6. The van der Waals surface area contributed by atoms with Gasteiger partial charge in [-0.05, 0) is 64.0 Å². The molecule has 0 radical (unpaired) electrons. The molecule has 4 N–H and O–H groups in total. The van der Waals surface area contributed by atoms with E-state index in [1.807, 2.05) is 36.9 Å². The minimum absolute atomic E-state index is 0.483. The van der Waals surface area contributed by atoms with Gasteiger partial charge in [-0.3, -0.25) is 9.89 Å². The van der Waals surface area contributed by atoms with Crippen LogP contribution in [0.4, 0.5) is 27.7 Å². The number of aromatic amines is 1. The molecule has 0 unspecified atom stereocenters. The minimum atomic E-state index is -0.559. The maximum absolute atomic E-state index is 12.1. The molecular weight excluding hydrogens is 511 g/mol. The molecule has 2 aliphatic rings. The number of fused-ring (bicyclic) bond motifs is 1. The summed E-state index contributed by atoms with van der Waals surface area (Å²) in [5.74, 6) is 2.52. The van der Waals surface area contributed by atoms with E-state index in [0.29, 0.717) is 18.0 Å². The lowest BCUT2D eigenvalue weighted by Gasteiger charge is -2.16. The van der Waals surface area contributed by atoms with E-state index in [1.54, 1.807) is 0 Å². The Morgan fingerprint density at radius 1 is 1.10 bits per heavy atom. The van der Waals surface area contributed by atoms with E-state index in [0.717, 1.165) is 36.2 Å². The third-order valence-electron chi connectivity index (χ3n) is 5.58. The Hall–Kier alpha value is -4.94. The number of rotatable bonds is 6. The number of carbonyl (C=O) groups excluding carboxylic acids is 1. The van der Waals surface area contributed by atoms with Gasteiger partial charge in [-0.15, -0.1) is 30.8 Å². The summed E-state index contributed by atoms with van der Waals surface area (Å²) in [6, 6.07) is 8.70. The number of terminal acetylenes is 2. The second-order valence-electron chi connectivity index (χ2n) is 8.53. The number of halogens is 1. The van der Waals surface area contributed by atoms with Crippen molar-refractivity contribution in [3.8, 4) is 25.7 Å². The molecule has 12 heteroatoms. The van der Waals surface area contributed by atoms with Gasteiger partial charge in [0.25, 0.3) is 0 Å². The second kappa shape index (κ2) is 16.8. The SMILES string of the molecule is C#C.C#C.CNC.O=CNc1ccc(F)nc1.c1cc2c(Nc3cc(C4CC4)[nH]n3)nc(N3CCCC3)nn2c1. The highest BCUT2D eigenvalue weighted by atomic mass is 19.1. The van der Waals surface area contributed by atoms with Gasteiger partial charge >= 0.3 is 0 Å². The first-order valence-electron chi connectivity index (χ1n) is 12.6. The smallest absolute Gasteiger partial charge is 0.245 e. The number of hydrogen-bond acceptors (Lipinski definition) is 8. The third-order valence-corrected chi connectivity index (χ3v) is 5.58. The number of H-pyrrole nitrogens is 1. The Morgan fingerprint density at radius 2 is 1.80 bits per heavy atom. The van der Waals surface area contributed by atoms with Gasteiger partial charge in [0.2, 0.25) is 18.3 Å². The highest BCUT2D eigenvalue weighted by molar-refractivity contribution is 5.73. The van der Waals surface area contributed by atoms with Crippen molar-refractivity contribution in [2.24, 2.45) is 0 Å². The minimum Gasteiger partial charge on any atom is -0.340 e. The van der Waals surface area contributed by atoms with Crippen LogP contribution in [0.3, 0.4) is 0 Å². The molecule has 40 heavy (non-hydrogen) atoms. The average Bonchev–Trinajstić information content (AvgIpc) is 3.35. The highest BCUT2D eigenvalue weighted by Gasteiger charge is 2.26. The zero-order valence-corrected chi connectivity index (χ0v) is 22.7. The van der Waals surface area contributed by atoms with Crippen molar-refractivity contribution in [2.75, 3.05) is 42.7 Å². The third kappa shape index (κ3) is 9.11. The zero-order valence-electron chi connectivity index (χ0n) is 22.7. The van der Waals surface area contributed by atoms with Crippen LogP contribution in [-0.2, 0) is 4.79 Å². The molecule has 4 aromatic heterocycles. The molecule has 1 saturated heterocycles. The molecule has 4 aromatic rings. The molecule has 6 rings (SSSR count). The van der Waals surface area contributed by atoms with E-state index in [1.165, 1.54) is 49.7 Å². The number of anilines is 4. The van der Waals surface area contributed by atoms with Gasteiger partial charge in [0.15, 0.2) is 11.6 Å².